The molecule has 0 spiro atoms. The molecule has 2 N–H and O–H groups in total. The Balaban J connectivity index is 1.96. The molecular weight excluding hydrogens is 324 g/mol. The van der Waals surface area contributed by atoms with Crippen LogP contribution in [-0.4, -0.2) is 27.1 Å². The first kappa shape index (κ1) is 18.2. The summed E-state index contributed by atoms with van der Waals surface area (Å²) in [5, 5.41) is 2.88. The van der Waals surface area contributed by atoms with Crippen LogP contribution in [0.3, 0.4) is 0 Å². The van der Waals surface area contributed by atoms with Crippen molar-refractivity contribution in [2.45, 2.75) is 20.3 Å². The fourth-order valence-corrected chi connectivity index (χ4v) is 2.70. The average molecular weight is 346 g/mol. The van der Waals surface area contributed by atoms with Crippen molar-refractivity contribution in [1.29, 1.82) is 0 Å². The highest BCUT2D eigenvalue weighted by molar-refractivity contribution is 7.88. The van der Waals surface area contributed by atoms with Crippen LogP contribution in [0.2, 0.25) is 0 Å². The molecular formula is C18H22N2O3S. The minimum Gasteiger partial charge on any atom is -0.322 e. The van der Waals surface area contributed by atoms with E-state index in [-0.39, 0.29) is 5.91 Å². The van der Waals surface area contributed by atoms with Gasteiger partial charge in [-0.2, -0.15) is 0 Å². The molecule has 0 aliphatic carbocycles. The maximum absolute atomic E-state index is 12.3. The first-order valence-corrected chi connectivity index (χ1v) is 9.56. The summed E-state index contributed by atoms with van der Waals surface area (Å²) in [5.41, 5.74) is 4.60. The Hall–Kier alpha value is -2.18. The SMILES string of the molecule is Cc1ccc(NC(=O)c2ccc(CCNS(C)(=O)=O)cc2)cc1C. The van der Waals surface area contributed by atoms with Crippen molar-refractivity contribution in [3.8, 4) is 0 Å². The van der Waals surface area contributed by atoms with E-state index in [4.69, 9.17) is 0 Å². The molecule has 2 aromatic carbocycles. The number of amides is 1. The van der Waals surface area contributed by atoms with E-state index in [1.54, 1.807) is 12.1 Å². The van der Waals surface area contributed by atoms with Gasteiger partial charge in [-0.1, -0.05) is 18.2 Å². The van der Waals surface area contributed by atoms with Crippen molar-refractivity contribution in [3.05, 3.63) is 64.7 Å². The van der Waals surface area contributed by atoms with Gasteiger partial charge in [0, 0.05) is 17.8 Å². The van der Waals surface area contributed by atoms with Crippen LogP contribution >= 0.6 is 0 Å². The highest BCUT2D eigenvalue weighted by Gasteiger charge is 2.07. The molecule has 0 saturated heterocycles. The molecule has 0 aromatic heterocycles. The Bertz CT molecular complexity index is 828. The second-order valence-corrected chi connectivity index (χ2v) is 7.70. The summed E-state index contributed by atoms with van der Waals surface area (Å²) in [6.45, 7) is 4.37. The van der Waals surface area contributed by atoms with Gasteiger partial charge in [0.1, 0.15) is 0 Å². The van der Waals surface area contributed by atoms with Crippen molar-refractivity contribution in [2.24, 2.45) is 0 Å². The van der Waals surface area contributed by atoms with E-state index in [0.717, 1.165) is 23.1 Å². The van der Waals surface area contributed by atoms with Gasteiger partial charge >= 0.3 is 0 Å². The monoisotopic (exact) mass is 346 g/mol. The van der Waals surface area contributed by atoms with E-state index >= 15 is 0 Å². The van der Waals surface area contributed by atoms with Gasteiger partial charge in [0.2, 0.25) is 10.0 Å². The number of carbonyl (C=O) groups is 1. The zero-order valence-electron chi connectivity index (χ0n) is 14.1. The molecule has 2 rings (SSSR count). The van der Waals surface area contributed by atoms with E-state index < -0.39 is 10.0 Å². The second kappa shape index (κ2) is 7.59. The van der Waals surface area contributed by atoms with Gasteiger partial charge in [0.05, 0.1) is 6.26 Å². The Morgan fingerprint density at radius 2 is 1.67 bits per heavy atom. The molecule has 0 aliphatic rings. The summed E-state index contributed by atoms with van der Waals surface area (Å²) < 4.78 is 24.5. The number of benzene rings is 2. The molecule has 0 bridgehead atoms. The van der Waals surface area contributed by atoms with Crippen LogP contribution in [0.4, 0.5) is 5.69 Å². The van der Waals surface area contributed by atoms with E-state index in [1.165, 1.54) is 5.56 Å². The molecule has 0 heterocycles. The summed E-state index contributed by atoms with van der Waals surface area (Å²) in [4.78, 5) is 12.3. The number of rotatable bonds is 6. The normalized spacial score (nSPS) is 11.3. The third-order valence-electron chi connectivity index (χ3n) is 3.76. The molecule has 0 saturated carbocycles. The van der Waals surface area contributed by atoms with Crippen LogP contribution < -0.4 is 10.0 Å². The molecule has 5 nitrogen and oxygen atoms in total. The standard InChI is InChI=1S/C18H22N2O3S/c1-13-4-9-17(12-14(13)2)20-18(21)16-7-5-15(6-8-16)10-11-19-24(3,22)23/h4-9,12,19H,10-11H2,1-3H3,(H,20,21). The summed E-state index contributed by atoms with van der Waals surface area (Å²) in [6.07, 6.45) is 1.71. The van der Waals surface area contributed by atoms with Gasteiger partial charge < -0.3 is 5.32 Å². The summed E-state index contributed by atoms with van der Waals surface area (Å²) in [5.74, 6) is -0.168. The lowest BCUT2D eigenvalue weighted by Crippen LogP contribution is -2.24. The maximum atomic E-state index is 12.3. The van der Waals surface area contributed by atoms with E-state index in [2.05, 4.69) is 10.0 Å². The van der Waals surface area contributed by atoms with E-state index in [9.17, 15) is 13.2 Å². The number of sulfonamides is 1. The topological polar surface area (TPSA) is 75.3 Å². The molecule has 6 heteroatoms. The number of hydrogen-bond donors (Lipinski definition) is 2. The summed E-state index contributed by atoms with van der Waals surface area (Å²) in [7, 11) is -3.17. The van der Waals surface area contributed by atoms with E-state index in [0.29, 0.717) is 18.5 Å². The van der Waals surface area contributed by atoms with Crippen LogP contribution in [0.5, 0.6) is 0 Å². The maximum Gasteiger partial charge on any atom is 0.255 e. The minimum atomic E-state index is -3.17. The highest BCUT2D eigenvalue weighted by Crippen LogP contribution is 2.15. The van der Waals surface area contributed by atoms with Crippen LogP contribution in [0.1, 0.15) is 27.0 Å². The lowest BCUT2D eigenvalue weighted by Gasteiger charge is -2.08. The van der Waals surface area contributed by atoms with Crippen molar-refractivity contribution in [1.82, 2.24) is 4.72 Å². The molecule has 0 fully saturated rings. The fourth-order valence-electron chi connectivity index (χ4n) is 2.23. The van der Waals surface area contributed by atoms with Gasteiger partial charge in [-0.05, 0) is 61.2 Å². The van der Waals surface area contributed by atoms with Crippen molar-refractivity contribution in [2.75, 3.05) is 18.1 Å². The van der Waals surface area contributed by atoms with E-state index in [1.807, 2.05) is 44.2 Å². The molecule has 128 valence electrons. The molecule has 0 unspecified atom stereocenters. The summed E-state index contributed by atoms with van der Waals surface area (Å²) in [6, 6.07) is 12.9. The van der Waals surface area contributed by atoms with Crippen molar-refractivity contribution >= 4 is 21.6 Å². The average Bonchev–Trinajstić information content (AvgIpc) is 2.50. The zero-order valence-corrected chi connectivity index (χ0v) is 14.9. The minimum absolute atomic E-state index is 0.168. The van der Waals surface area contributed by atoms with Crippen LogP contribution in [0.25, 0.3) is 0 Å². The lowest BCUT2D eigenvalue weighted by atomic mass is 10.1. The van der Waals surface area contributed by atoms with Gasteiger partial charge in [-0.25, -0.2) is 13.1 Å². The third-order valence-corrected chi connectivity index (χ3v) is 4.49. The smallest absolute Gasteiger partial charge is 0.255 e. The van der Waals surface area contributed by atoms with Crippen LogP contribution in [-0.2, 0) is 16.4 Å². The Morgan fingerprint density at radius 3 is 2.25 bits per heavy atom. The number of nitrogens with one attached hydrogen (secondary N) is 2. The largest absolute Gasteiger partial charge is 0.322 e. The number of aryl methyl sites for hydroxylation is 2. The first-order chi connectivity index (χ1) is 11.2. The van der Waals surface area contributed by atoms with Crippen molar-refractivity contribution in [3.63, 3.8) is 0 Å². The van der Waals surface area contributed by atoms with Crippen LogP contribution in [0.15, 0.2) is 42.5 Å². The van der Waals surface area contributed by atoms with Gasteiger partial charge in [0.15, 0.2) is 0 Å². The lowest BCUT2D eigenvalue weighted by molar-refractivity contribution is 0.102. The highest BCUT2D eigenvalue weighted by atomic mass is 32.2. The second-order valence-electron chi connectivity index (χ2n) is 5.87. The molecule has 1 amide bonds. The predicted octanol–water partition coefficient (Wildman–Crippen LogP) is 2.65. The Morgan fingerprint density at radius 1 is 1.00 bits per heavy atom. The Labute approximate surface area is 143 Å². The number of anilines is 1. The fraction of sp³-hybridized carbons (Fsp3) is 0.278. The van der Waals surface area contributed by atoms with Gasteiger partial charge in [-0.3, -0.25) is 4.79 Å². The Kier molecular flexibility index (Phi) is 5.75. The number of carbonyl (C=O) groups excluding carboxylic acids is 1. The predicted molar refractivity (Wildman–Crippen MR) is 96.9 cm³/mol. The molecule has 0 aliphatic heterocycles. The third kappa shape index (κ3) is 5.47. The first-order valence-electron chi connectivity index (χ1n) is 7.67. The zero-order chi connectivity index (χ0) is 17.7. The molecule has 24 heavy (non-hydrogen) atoms. The molecule has 0 radical (unpaired) electrons. The van der Waals surface area contributed by atoms with Gasteiger partial charge in [0.25, 0.3) is 5.91 Å². The summed E-state index contributed by atoms with van der Waals surface area (Å²) >= 11 is 0. The van der Waals surface area contributed by atoms with Crippen molar-refractivity contribution < 1.29 is 13.2 Å². The number of hydrogen-bond acceptors (Lipinski definition) is 3. The molecule has 0 atom stereocenters. The van der Waals surface area contributed by atoms with Gasteiger partial charge in [-0.15, -0.1) is 0 Å². The quantitative estimate of drug-likeness (QED) is 0.844. The van der Waals surface area contributed by atoms with Crippen LogP contribution in [0, 0.1) is 13.8 Å². The molecule has 2 aromatic rings.